The minimum atomic E-state index is -0.560. The van der Waals surface area contributed by atoms with Crippen molar-refractivity contribution in [2.75, 3.05) is 0 Å². The molecule has 0 spiro atoms. The summed E-state index contributed by atoms with van der Waals surface area (Å²) in [7, 11) is 1.91. The Labute approximate surface area is 111 Å². The molecule has 0 amide bonds. The van der Waals surface area contributed by atoms with Gasteiger partial charge in [0.2, 0.25) is 0 Å². The summed E-state index contributed by atoms with van der Waals surface area (Å²) in [6.07, 6.45) is 3.51. The second kappa shape index (κ2) is 4.87. The minimum absolute atomic E-state index is 0.493. The van der Waals surface area contributed by atoms with E-state index in [4.69, 9.17) is 11.6 Å². The zero-order chi connectivity index (χ0) is 11.7. The number of hydrogen-bond donors (Lipinski definition) is 1. The van der Waals surface area contributed by atoms with Gasteiger partial charge in [0.25, 0.3) is 0 Å². The van der Waals surface area contributed by atoms with Gasteiger partial charge in [-0.3, -0.25) is 0 Å². The van der Waals surface area contributed by atoms with E-state index in [0.29, 0.717) is 10.8 Å². The zero-order valence-electron chi connectivity index (χ0n) is 8.52. The maximum absolute atomic E-state index is 10.0. The summed E-state index contributed by atoms with van der Waals surface area (Å²) in [6, 6.07) is 1.85. The molecule has 0 fully saturated rings. The molecule has 0 aromatic carbocycles. The summed E-state index contributed by atoms with van der Waals surface area (Å²) >= 11 is 10.6. The topological polar surface area (TPSA) is 38.0 Å². The highest BCUT2D eigenvalue weighted by atomic mass is 79.9. The number of thiophene rings is 1. The maximum atomic E-state index is 10.0. The van der Waals surface area contributed by atoms with Crippen LogP contribution in [0.3, 0.4) is 0 Å². The lowest BCUT2D eigenvalue weighted by atomic mass is 10.2. The Bertz CT molecular complexity index is 477. The molecule has 16 heavy (non-hydrogen) atoms. The number of imidazole rings is 1. The van der Waals surface area contributed by atoms with Crippen LogP contribution >= 0.6 is 38.9 Å². The lowest BCUT2D eigenvalue weighted by Gasteiger charge is -2.07. The molecule has 2 aromatic rings. The number of aliphatic hydroxyl groups is 1. The highest BCUT2D eigenvalue weighted by molar-refractivity contribution is 9.10. The zero-order valence-corrected chi connectivity index (χ0v) is 11.7. The van der Waals surface area contributed by atoms with Crippen molar-refractivity contribution >= 4 is 38.9 Å². The van der Waals surface area contributed by atoms with Crippen LogP contribution in [0.2, 0.25) is 4.34 Å². The fourth-order valence-corrected chi connectivity index (χ4v) is 3.12. The third kappa shape index (κ3) is 2.48. The van der Waals surface area contributed by atoms with E-state index in [1.807, 2.05) is 23.9 Å². The smallest absolute Gasteiger partial charge is 0.111 e. The van der Waals surface area contributed by atoms with Crippen molar-refractivity contribution in [3.8, 4) is 0 Å². The normalized spacial score (nSPS) is 13.0. The number of nitrogens with zero attached hydrogens (tertiary/aromatic N) is 2. The Morgan fingerprint density at radius 1 is 1.69 bits per heavy atom. The number of hydrogen-bond acceptors (Lipinski definition) is 3. The molecule has 2 aromatic heterocycles. The van der Waals surface area contributed by atoms with Crippen molar-refractivity contribution in [3.63, 3.8) is 0 Å². The molecule has 0 saturated carbocycles. The number of aromatic nitrogens is 2. The fraction of sp³-hybridized carbons (Fsp3) is 0.300. The Kier molecular flexibility index (Phi) is 3.69. The van der Waals surface area contributed by atoms with E-state index >= 15 is 0 Å². The first-order valence-electron chi connectivity index (χ1n) is 4.67. The van der Waals surface area contributed by atoms with Crippen LogP contribution in [0.4, 0.5) is 0 Å². The van der Waals surface area contributed by atoms with Gasteiger partial charge in [-0.15, -0.1) is 11.3 Å². The molecule has 0 saturated heterocycles. The largest absolute Gasteiger partial charge is 0.387 e. The summed E-state index contributed by atoms with van der Waals surface area (Å²) in [5, 5.41) is 10.0. The third-order valence-electron chi connectivity index (χ3n) is 2.29. The van der Waals surface area contributed by atoms with Crippen LogP contribution in [0.15, 0.2) is 22.9 Å². The standard InChI is InChI=1S/C10H10BrClN2OS/c1-14-3-2-13-9(14)5-7(15)8-4-6(11)10(12)16-8/h2-4,7,15H,5H2,1H3. The van der Waals surface area contributed by atoms with Crippen molar-refractivity contribution in [2.24, 2.45) is 7.05 Å². The molecule has 86 valence electrons. The van der Waals surface area contributed by atoms with Crippen LogP contribution in [-0.4, -0.2) is 14.7 Å². The van der Waals surface area contributed by atoms with Gasteiger partial charge in [0, 0.05) is 35.2 Å². The summed E-state index contributed by atoms with van der Waals surface area (Å²) < 4.78 is 3.38. The predicted octanol–water partition coefficient (Wildman–Crippen LogP) is 3.17. The number of rotatable bonds is 3. The lowest BCUT2D eigenvalue weighted by molar-refractivity contribution is 0.178. The van der Waals surface area contributed by atoms with E-state index in [0.717, 1.165) is 15.2 Å². The molecule has 0 aliphatic carbocycles. The first-order valence-corrected chi connectivity index (χ1v) is 6.65. The molecular formula is C10H10BrClN2OS. The van der Waals surface area contributed by atoms with Crippen LogP contribution in [0, 0.1) is 0 Å². The SMILES string of the molecule is Cn1ccnc1CC(O)c1cc(Br)c(Cl)s1. The van der Waals surface area contributed by atoms with Crippen molar-refractivity contribution in [3.05, 3.63) is 38.0 Å². The predicted molar refractivity (Wildman–Crippen MR) is 68.9 cm³/mol. The highest BCUT2D eigenvalue weighted by Crippen LogP contribution is 2.35. The monoisotopic (exact) mass is 320 g/mol. The first-order chi connectivity index (χ1) is 7.58. The van der Waals surface area contributed by atoms with E-state index in [-0.39, 0.29) is 0 Å². The average molecular weight is 322 g/mol. The van der Waals surface area contributed by atoms with Gasteiger partial charge in [0.1, 0.15) is 10.2 Å². The van der Waals surface area contributed by atoms with Crippen molar-refractivity contribution in [1.82, 2.24) is 9.55 Å². The van der Waals surface area contributed by atoms with Crippen LogP contribution in [0.5, 0.6) is 0 Å². The van der Waals surface area contributed by atoms with Crippen LogP contribution in [0.1, 0.15) is 16.8 Å². The van der Waals surface area contributed by atoms with Crippen LogP contribution < -0.4 is 0 Å². The van der Waals surface area contributed by atoms with Gasteiger partial charge >= 0.3 is 0 Å². The summed E-state index contributed by atoms with van der Waals surface area (Å²) in [6.45, 7) is 0. The lowest BCUT2D eigenvalue weighted by Crippen LogP contribution is -2.05. The molecule has 0 aliphatic heterocycles. The number of aliphatic hydroxyl groups excluding tert-OH is 1. The first kappa shape index (κ1) is 12.1. The van der Waals surface area contributed by atoms with Crippen molar-refractivity contribution in [1.29, 1.82) is 0 Å². The maximum Gasteiger partial charge on any atom is 0.111 e. The van der Waals surface area contributed by atoms with Gasteiger partial charge < -0.3 is 9.67 Å². The van der Waals surface area contributed by atoms with Gasteiger partial charge in [-0.2, -0.15) is 0 Å². The van der Waals surface area contributed by atoms with E-state index in [1.165, 1.54) is 11.3 Å². The Morgan fingerprint density at radius 2 is 2.44 bits per heavy atom. The molecule has 0 aliphatic rings. The fourth-order valence-electron chi connectivity index (χ4n) is 1.39. The Hall–Kier alpha value is -0.360. The summed E-state index contributed by atoms with van der Waals surface area (Å²) in [5.41, 5.74) is 0. The Morgan fingerprint density at radius 3 is 2.94 bits per heavy atom. The average Bonchev–Trinajstić information content (AvgIpc) is 2.76. The Balaban J connectivity index is 2.14. The van der Waals surface area contributed by atoms with E-state index in [2.05, 4.69) is 20.9 Å². The summed E-state index contributed by atoms with van der Waals surface area (Å²) in [4.78, 5) is 5.02. The van der Waals surface area contributed by atoms with Crippen molar-refractivity contribution in [2.45, 2.75) is 12.5 Å². The molecule has 0 bridgehead atoms. The van der Waals surface area contributed by atoms with Gasteiger partial charge in [0.05, 0.1) is 6.10 Å². The molecule has 3 nitrogen and oxygen atoms in total. The second-order valence-electron chi connectivity index (χ2n) is 3.44. The van der Waals surface area contributed by atoms with E-state index in [9.17, 15) is 5.11 Å². The summed E-state index contributed by atoms with van der Waals surface area (Å²) in [5.74, 6) is 0.855. The van der Waals surface area contributed by atoms with Crippen LogP contribution in [0.25, 0.3) is 0 Å². The molecule has 1 unspecified atom stereocenters. The third-order valence-corrected chi connectivity index (χ3v) is 4.87. The molecule has 1 atom stereocenters. The molecule has 1 N–H and O–H groups in total. The molecule has 6 heteroatoms. The van der Waals surface area contributed by atoms with Crippen molar-refractivity contribution < 1.29 is 5.11 Å². The van der Waals surface area contributed by atoms with Crippen LogP contribution in [-0.2, 0) is 13.5 Å². The van der Waals surface area contributed by atoms with Gasteiger partial charge in [0.15, 0.2) is 0 Å². The molecule has 2 heterocycles. The molecule has 2 rings (SSSR count). The number of halogens is 2. The quantitative estimate of drug-likeness (QED) is 0.943. The molecule has 0 radical (unpaired) electrons. The number of aryl methyl sites for hydroxylation is 1. The second-order valence-corrected chi connectivity index (χ2v) is 5.98. The van der Waals surface area contributed by atoms with Gasteiger partial charge in [-0.1, -0.05) is 11.6 Å². The minimum Gasteiger partial charge on any atom is -0.387 e. The van der Waals surface area contributed by atoms with Gasteiger partial charge in [-0.05, 0) is 22.0 Å². The molecular weight excluding hydrogens is 312 g/mol. The van der Waals surface area contributed by atoms with E-state index < -0.39 is 6.10 Å². The van der Waals surface area contributed by atoms with E-state index in [1.54, 1.807) is 6.20 Å². The highest BCUT2D eigenvalue weighted by Gasteiger charge is 2.15. The van der Waals surface area contributed by atoms with Gasteiger partial charge in [-0.25, -0.2) is 4.98 Å².